The van der Waals surface area contributed by atoms with E-state index in [1.54, 1.807) is 23.9 Å². The zero-order chi connectivity index (χ0) is 17.6. The molecule has 0 spiro atoms. The van der Waals surface area contributed by atoms with E-state index in [9.17, 15) is 8.42 Å². The van der Waals surface area contributed by atoms with Crippen LogP contribution in [0.15, 0.2) is 30.5 Å². The number of nitrogens with zero attached hydrogens (tertiary/aromatic N) is 4. The molecule has 7 nitrogen and oxygen atoms in total. The monoisotopic (exact) mass is 377 g/mol. The zero-order valence-corrected chi connectivity index (χ0v) is 15.0. The highest BCUT2D eigenvalue weighted by Gasteiger charge is 2.28. The van der Waals surface area contributed by atoms with Crippen LogP contribution in [0.5, 0.6) is 0 Å². The van der Waals surface area contributed by atoms with Crippen molar-refractivity contribution in [3.63, 3.8) is 0 Å². The summed E-state index contributed by atoms with van der Waals surface area (Å²) < 4.78 is 25.1. The van der Waals surface area contributed by atoms with Crippen molar-refractivity contribution < 1.29 is 8.42 Å². The first-order valence-electron chi connectivity index (χ1n) is 7.86. The molecule has 0 saturated carbocycles. The average Bonchev–Trinajstić information content (AvgIpc) is 3.10. The normalized spacial score (nSPS) is 19.4. The van der Waals surface area contributed by atoms with Crippen LogP contribution in [0.4, 0.5) is 5.82 Å². The molecule has 1 aliphatic heterocycles. The fourth-order valence-electron chi connectivity index (χ4n) is 3.03. The van der Waals surface area contributed by atoms with Crippen LogP contribution in [0, 0.1) is 6.92 Å². The molecule has 1 saturated heterocycles. The van der Waals surface area contributed by atoms with Gasteiger partial charge in [-0.2, -0.15) is 5.10 Å². The predicted molar refractivity (Wildman–Crippen MR) is 97.1 cm³/mol. The zero-order valence-electron chi connectivity index (χ0n) is 13.5. The standard InChI is InChI=1S/C16H16ClN5O2S/c1-10-19-15(21-12-5-6-25(23,24)9-12)14-8-18-22(16(14)20-10)13-4-2-3-11(17)7-13/h2-4,7-8,12H,5-6,9H2,1H3,(H,19,20,21)/t12-/m1/s1. The van der Waals surface area contributed by atoms with Crippen molar-refractivity contribution in [3.05, 3.63) is 41.3 Å². The maximum absolute atomic E-state index is 11.7. The van der Waals surface area contributed by atoms with E-state index in [-0.39, 0.29) is 17.5 Å². The topological polar surface area (TPSA) is 89.8 Å². The van der Waals surface area contributed by atoms with Crippen LogP contribution in [0.25, 0.3) is 16.7 Å². The Bertz CT molecular complexity index is 1060. The van der Waals surface area contributed by atoms with Crippen LogP contribution in [-0.4, -0.2) is 45.7 Å². The fourth-order valence-corrected chi connectivity index (χ4v) is 4.88. The van der Waals surface area contributed by atoms with E-state index >= 15 is 0 Å². The third kappa shape index (κ3) is 3.19. The highest BCUT2D eigenvalue weighted by atomic mass is 35.5. The van der Waals surface area contributed by atoms with E-state index in [1.807, 2.05) is 18.2 Å². The summed E-state index contributed by atoms with van der Waals surface area (Å²) in [7, 11) is -2.96. The molecule has 9 heteroatoms. The Kier molecular flexibility index (Phi) is 3.88. The van der Waals surface area contributed by atoms with Gasteiger partial charge in [-0.05, 0) is 31.5 Å². The minimum Gasteiger partial charge on any atom is -0.366 e. The molecule has 1 N–H and O–H groups in total. The highest BCUT2D eigenvalue weighted by Crippen LogP contribution is 2.26. The lowest BCUT2D eigenvalue weighted by atomic mass is 10.2. The Labute approximate surface area is 150 Å². The molecule has 2 aromatic heterocycles. The van der Waals surface area contributed by atoms with Crippen molar-refractivity contribution in [2.75, 3.05) is 16.8 Å². The molecule has 4 rings (SSSR count). The molecule has 1 fully saturated rings. The summed E-state index contributed by atoms with van der Waals surface area (Å²) in [5.74, 6) is 1.53. The molecule has 1 aliphatic rings. The minimum absolute atomic E-state index is 0.125. The Morgan fingerprint density at radius 2 is 2.16 bits per heavy atom. The smallest absolute Gasteiger partial charge is 0.168 e. The van der Waals surface area contributed by atoms with Crippen molar-refractivity contribution in [1.29, 1.82) is 0 Å². The lowest BCUT2D eigenvalue weighted by Crippen LogP contribution is -2.21. The molecule has 0 unspecified atom stereocenters. The second kappa shape index (κ2) is 5.96. The van der Waals surface area contributed by atoms with Crippen molar-refractivity contribution >= 4 is 38.3 Å². The summed E-state index contributed by atoms with van der Waals surface area (Å²) in [5.41, 5.74) is 1.45. The molecule has 1 atom stereocenters. The third-order valence-electron chi connectivity index (χ3n) is 4.17. The van der Waals surface area contributed by atoms with Gasteiger partial charge in [-0.1, -0.05) is 17.7 Å². The van der Waals surface area contributed by atoms with Gasteiger partial charge in [-0.15, -0.1) is 0 Å². The van der Waals surface area contributed by atoms with Gasteiger partial charge in [0.2, 0.25) is 0 Å². The number of fused-ring (bicyclic) bond motifs is 1. The minimum atomic E-state index is -2.96. The lowest BCUT2D eigenvalue weighted by molar-refractivity contribution is 0.602. The van der Waals surface area contributed by atoms with E-state index in [1.165, 1.54) is 0 Å². The number of sulfone groups is 1. The average molecular weight is 378 g/mol. The molecule has 3 heterocycles. The van der Waals surface area contributed by atoms with Crippen LogP contribution >= 0.6 is 11.6 Å². The summed E-state index contributed by atoms with van der Waals surface area (Å²) >= 11 is 6.07. The Hall–Kier alpha value is -2.19. The van der Waals surface area contributed by atoms with Gasteiger partial charge >= 0.3 is 0 Å². The summed E-state index contributed by atoms with van der Waals surface area (Å²) in [4.78, 5) is 8.93. The van der Waals surface area contributed by atoms with Gasteiger partial charge in [-0.3, -0.25) is 0 Å². The molecule has 0 amide bonds. The van der Waals surface area contributed by atoms with E-state index in [0.717, 1.165) is 11.1 Å². The van der Waals surface area contributed by atoms with E-state index in [4.69, 9.17) is 11.6 Å². The number of hydrogen-bond acceptors (Lipinski definition) is 6. The second-order valence-corrected chi connectivity index (χ2v) is 8.80. The van der Waals surface area contributed by atoms with Gasteiger partial charge < -0.3 is 5.32 Å². The van der Waals surface area contributed by atoms with Crippen molar-refractivity contribution in [2.24, 2.45) is 0 Å². The number of rotatable bonds is 3. The molecule has 0 aliphatic carbocycles. The van der Waals surface area contributed by atoms with Crippen molar-refractivity contribution in [1.82, 2.24) is 19.7 Å². The predicted octanol–water partition coefficient (Wildman–Crippen LogP) is 2.38. The number of anilines is 1. The number of hydrogen-bond donors (Lipinski definition) is 1. The number of benzene rings is 1. The van der Waals surface area contributed by atoms with Crippen molar-refractivity contribution in [3.8, 4) is 5.69 Å². The van der Waals surface area contributed by atoms with E-state index < -0.39 is 9.84 Å². The van der Waals surface area contributed by atoms with Crippen LogP contribution in [0.3, 0.4) is 0 Å². The highest BCUT2D eigenvalue weighted by molar-refractivity contribution is 7.91. The molecule has 25 heavy (non-hydrogen) atoms. The van der Waals surface area contributed by atoms with E-state index in [0.29, 0.717) is 28.7 Å². The quantitative estimate of drug-likeness (QED) is 0.753. The first-order chi connectivity index (χ1) is 11.9. The van der Waals surface area contributed by atoms with Gasteiger partial charge in [0, 0.05) is 11.1 Å². The third-order valence-corrected chi connectivity index (χ3v) is 6.17. The SMILES string of the molecule is Cc1nc(N[C@@H]2CCS(=O)(=O)C2)c2cnn(-c3cccc(Cl)c3)c2n1. The number of aromatic nitrogens is 4. The number of nitrogens with one attached hydrogen (secondary N) is 1. The molecule has 0 bridgehead atoms. The summed E-state index contributed by atoms with van der Waals surface area (Å²) in [6.45, 7) is 1.80. The van der Waals surface area contributed by atoms with E-state index in [2.05, 4.69) is 20.4 Å². The Morgan fingerprint density at radius 1 is 1.32 bits per heavy atom. The number of halogens is 1. The largest absolute Gasteiger partial charge is 0.366 e. The molecular formula is C16H16ClN5O2S. The molecule has 3 aromatic rings. The van der Waals surface area contributed by atoms with Gasteiger partial charge in [-0.25, -0.2) is 23.1 Å². The first kappa shape index (κ1) is 16.3. The molecular weight excluding hydrogens is 362 g/mol. The van der Waals surface area contributed by atoms with Crippen molar-refractivity contribution in [2.45, 2.75) is 19.4 Å². The maximum Gasteiger partial charge on any atom is 0.168 e. The molecule has 130 valence electrons. The first-order valence-corrected chi connectivity index (χ1v) is 10.1. The van der Waals surface area contributed by atoms with Crippen LogP contribution in [0.1, 0.15) is 12.2 Å². The van der Waals surface area contributed by atoms with Crippen LogP contribution in [0.2, 0.25) is 5.02 Å². The lowest BCUT2D eigenvalue weighted by Gasteiger charge is -2.13. The fraction of sp³-hybridized carbons (Fsp3) is 0.312. The van der Waals surface area contributed by atoms with Gasteiger partial charge in [0.05, 0.1) is 28.8 Å². The Morgan fingerprint density at radius 3 is 2.88 bits per heavy atom. The molecule has 1 aromatic carbocycles. The maximum atomic E-state index is 11.7. The van der Waals surface area contributed by atoms with Crippen LogP contribution < -0.4 is 5.32 Å². The van der Waals surface area contributed by atoms with Gasteiger partial charge in [0.25, 0.3) is 0 Å². The van der Waals surface area contributed by atoms with Gasteiger partial charge in [0.15, 0.2) is 15.5 Å². The second-order valence-electron chi connectivity index (χ2n) is 6.14. The Balaban J connectivity index is 1.77. The summed E-state index contributed by atoms with van der Waals surface area (Å²) in [6, 6.07) is 7.21. The summed E-state index contributed by atoms with van der Waals surface area (Å²) in [6.07, 6.45) is 2.26. The number of aryl methyl sites for hydroxylation is 1. The summed E-state index contributed by atoms with van der Waals surface area (Å²) in [5, 5.41) is 9.01. The van der Waals surface area contributed by atoms with Gasteiger partial charge in [0.1, 0.15) is 11.6 Å². The molecule has 0 radical (unpaired) electrons. The van der Waals surface area contributed by atoms with Crippen LogP contribution in [-0.2, 0) is 9.84 Å².